The molecule has 1 aromatic carbocycles. The van der Waals surface area contributed by atoms with Gasteiger partial charge in [-0.1, -0.05) is 6.07 Å². The molecular formula is C20H31Br2NO5. The molecule has 0 radical (unpaired) electrons. The Kier molecular flexibility index (Phi) is 12.6. The summed E-state index contributed by atoms with van der Waals surface area (Å²) in [6, 6.07) is 6.17. The van der Waals surface area contributed by atoms with Gasteiger partial charge in [0.05, 0.1) is 48.6 Å². The van der Waals surface area contributed by atoms with Gasteiger partial charge in [-0.2, -0.15) is 0 Å². The molecule has 1 aromatic rings. The zero-order chi connectivity index (χ0) is 20.0. The number of halogens is 2. The third-order valence-corrected chi connectivity index (χ3v) is 5.83. The van der Waals surface area contributed by atoms with Crippen LogP contribution in [0.5, 0.6) is 5.75 Å². The topological polar surface area (TPSA) is 60.4 Å². The molecule has 0 amide bonds. The lowest BCUT2D eigenvalue weighted by Gasteiger charge is -2.22. The van der Waals surface area contributed by atoms with Gasteiger partial charge in [-0.25, -0.2) is 0 Å². The van der Waals surface area contributed by atoms with Crippen molar-refractivity contribution in [3.05, 3.63) is 27.1 Å². The fourth-order valence-corrected chi connectivity index (χ4v) is 4.36. The van der Waals surface area contributed by atoms with Crippen molar-refractivity contribution in [2.45, 2.75) is 25.3 Å². The predicted molar refractivity (Wildman–Crippen MR) is 116 cm³/mol. The van der Waals surface area contributed by atoms with Gasteiger partial charge in [0, 0.05) is 19.2 Å². The SMILES string of the molecule is OCC1CCCN1CCCOCCOCCOCCOc1c(Br)cccc1Br. The summed E-state index contributed by atoms with van der Waals surface area (Å²) in [5, 5.41) is 9.29. The van der Waals surface area contributed by atoms with E-state index in [2.05, 4.69) is 36.8 Å². The Bertz CT molecular complexity index is 529. The van der Waals surface area contributed by atoms with Gasteiger partial charge in [0.2, 0.25) is 0 Å². The van der Waals surface area contributed by atoms with Crippen LogP contribution in [0.3, 0.4) is 0 Å². The second-order valence-corrected chi connectivity index (χ2v) is 8.31. The van der Waals surface area contributed by atoms with Crippen LogP contribution in [0.1, 0.15) is 19.3 Å². The molecule has 28 heavy (non-hydrogen) atoms. The molecule has 8 heteroatoms. The monoisotopic (exact) mass is 523 g/mol. The average Bonchev–Trinajstić information content (AvgIpc) is 3.15. The van der Waals surface area contributed by atoms with Crippen molar-refractivity contribution in [2.75, 3.05) is 65.9 Å². The van der Waals surface area contributed by atoms with Crippen molar-refractivity contribution in [2.24, 2.45) is 0 Å². The molecule has 1 unspecified atom stereocenters. The van der Waals surface area contributed by atoms with Crippen LogP contribution in [0.2, 0.25) is 0 Å². The maximum atomic E-state index is 9.29. The number of aliphatic hydroxyl groups is 1. The van der Waals surface area contributed by atoms with E-state index in [1.54, 1.807) is 0 Å². The van der Waals surface area contributed by atoms with Gasteiger partial charge in [0.1, 0.15) is 12.4 Å². The molecule has 0 saturated carbocycles. The summed E-state index contributed by atoms with van der Waals surface area (Å²) in [5.41, 5.74) is 0. The number of nitrogens with zero attached hydrogens (tertiary/aromatic N) is 1. The Hall–Kier alpha value is -0.220. The van der Waals surface area contributed by atoms with Gasteiger partial charge in [-0.15, -0.1) is 0 Å². The fourth-order valence-electron chi connectivity index (χ4n) is 3.13. The van der Waals surface area contributed by atoms with Crippen LogP contribution in [0, 0.1) is 0 Å². The summed E-state index contributed by atoms with van der Waals surface area (Å²) in [6.45, 7) is 6.36. The van der Waals surface area contributed by atoms with E-state index in [0.29, 0.717) is 45.7 Å². The summed E-state index contributed by atoms with van der Waals surface area (Å²) in [5.74, 6) is 0.788. The maximum Gasteiger partial charge on any atom is 0.147 e. The molecule has 1 N–H and O–H groups in total. The molecule has 0 bridgehead atoms. The molecule has 1 atom stereocenters. The number of rotatable bonds is 15. The Labute approximate surface area is 184 Å². The number of aliphatic hydroxyl groups excluding tert-OH is 1. The molecule has 1 fully saturated rings. The molecule has 1 saturated heterocycles. The molecule has 0 aliphatic carbocycles. The number of likely N-dealkylation sites (tertiary alicyclic amines) is 1. The minimum Gasteiger partial charge on any atom is -0.489 e. The highest BCUT2D eigenvalue weighted by Crippen LogP contribution is 2.32. The fraction of sp³-hybridized carbons (Fsp3) is 0.700. The molecular weight excluding hydrogens is 494 g/mol. The smallest absolute Gasteiger partial charge is 0.147 e. The lowest BCUT2D eigenvalue weighted by Crippen LogP contribution is -2.33. The summed E-state index contributed by atoms with van der Waals surface area (Å²) >= 11 is 6.93. The van der Waals surface area contributed by atoms with E-state index in [1.807, 2.05) is 18.2 Å². The van der Waals surface area contributed by atoms with Gasteiger partial charge >= 0.3 is 0 Å². The van der Waals surface area contributed by atoms with Crippen LogP contribution in [-0.4, -0.2) is 82.0 Å². The van der Waals surface area contributed by atoms with E-state index >= 15 is 0 Å². The first-order valence-electron chi connectivity index (χ1n) is 9.87. The third-order valence-electron chi connectivity index (χ3n) is 4.58. The summed E-state index contributed by atoms with van der Waals surface area (Å²) < 4.78 is 24.1. The number of hydrogen-bond acceptors (Lipinski definition) is 6. The number of benzene rings is 1. The van der Waals surface area contributed by atoms with E-state index in [1.165, 1.54) is 6.42 Å². The quantitative estimate of drug-likeness (QED) is 0.354. The highest BCUT2D eigenvalue weighted by atomic mass is 79.9. The average molecular weight is 525 g/mol. The van der Waals surface area contributed by atoms with Crippen molar-refractivity contribution in [3.63, 3.8) is 0 Å². The molecule has 1 heterocycles. The van der Waals surface area contributed by atoms with Crippen LogP contribution < -0.4 is 4.74 Å². The molecule has 6 nitrogen and oxygen atoms in total. The van der Waals surface area contributed by atoms with Gasteiger partial charge < -0.3 is 24.1 Å². The highest BCUT2D eigenvalue weighted by Gasteiger charge is 2.22. The van der Waals surface area contributed by atoms with Gasteiger partial charge in [0.15, 0.2) is 0 Å². The van der Waals surface area contributed by atoms with E-state index in [9.17, 15) is 5.11 Å². The minimum atomic E-state index is 0.268. The number of hydrogen-bond donors (Lipinski definition) is 1. The Morgan fingerprint density at radius 1 is 0.929 bits per heavy atom. The van der Waals surface area contributed by atoms with Gasteiger partial charge in [0.25, 0.3) is 0 Å². The van der Waals surface area contributed by atoms with Crippen molar-refractivity contribution in [3.8, 4) is 5.75 Å². The Morgan fingerprint density at radius 2 is 1.54 bits per heavy atom. The lowest BCUT2D eigenvalue weighted by molar-refractivity contribution is 0.00767. The minimum absolute atomic E-state index is 0.268. The first kappa shape index (κ1) is 24.1. The molecule has 160 valence electrons. The van der Waals surface area contributed by atoms with Crippen molar-refractivity contribution in [1.82, 2.24) is 4.90 Å². The summed E-state index contributed by atoms with van der Waals surface area (Å²) in [4.78, 5) is 2.36. The van der Waals surface area contributed by atoms with Crippen LogP contribution in [0.25, 0.3) is 0 Å². The number of ether oxygens (including phenoxy) is 4. The van der Waals surface area contributed by atoms with E-state index in [0.717, 1.165) is 47.2 Å². The Balaban J connectivity index is 1.34. The first-order chi connectivity index (χ1) is 13.7. The van der Waals surface area contributed by atoms with Crippen LogP contribution in [0.15, 0.2) is 27.1 Å². The molecule has 1 aliphatic heterocycles. The number of para-hydroxylation sites is 1. The predicted octanol–water partition coefficient (Wildman–Crippen LogP) is 3.49. The lowest BCUT2D eigenvalue weighted by atomic mass is 10.2. The van der Waals surface area contributed by atoms with Crippen LogP contribution >= 0.6 is 31.9 Å². The molecule has 0 spiro atoms. The van der Waals surface area contributed by atoms with Gasteiger partial charge in [-0.3, -0.25) is 4.90 Å². The van der Waals surface area contributed by atoms with Crippen molar-refractivity contribution in [1.29, 1.82) is 0 Å². The summed E-state index contributed by atoms with van der Waals surface area (Å²) in [7, 11) is 0. The largest absolute Gasteiger partial charge is 0.489 e. The summed E-state index contributed by atoms with van der Waals surface area (Å²) in [6.07, 6.45) is 3.30. The van der Waals surface area contributed by atoms with E-state index in [-0.39, 0.29) is 6.61 Å². The molecule has 2 rings (SSSR count). The third kappa shape index (κ3) is 9.07. The van der Waals surface area contributed by atoms with Crippen LogP contribution in [-0.2, 0) is 14.2 Å². The van der Waals surface area contributed by atoms with Crippen LogP contribution in [0.4, 0.5) is 0 Å². The zero-order valence-electron chi connectivity index (χ0n) is 16.3. The maximum absolute atomic E-state index is 9.29. The second-order valence-electron chi connectivity index (χ2n) is 6.60. The standard InChI is InChI=1S/C20H31Br2NO5/c21-18-5-1-6-19(22)20(18)28-15-14-27-13-12-26-11-10-25-9-3-8-23-7-2-4-17(23)16-24/h1,5-6,17,24H,2-4,7-16H2. The second kappa shape index (κ2) is 14.7. The van der Waals surface area contributed by atoms with Crippen molar-refractivity contribution < 1.29 is 24.1 Å². The van der Waals surface area contributed by atoms with E-state index < -0.39 is 0 Å². The molecule has 1 aliphatic rings. The molecule has 0 aromatic heterocycles. The Morgan fingerprint density at radius 3 is 2.18 bits per heavy atom. The van der Waals surface area contributed by atoms with Gasteiger partial charge in [-0.05, 0) is 69.8 Å². The first-order valence-corrected chi connectivity index (χ1v) is 11.5. The van der Waals surface area contributed by atoms with E-state index in [4.69, 9.17) is 18.9 Å². The van der Waals surface area contributed by atoms with Crippen molar-refractivity contribution >= 4 is 31.9 Å². The normalized spacial score (nSPS) is 17.3. The highest BCUT2D eigenvalue weighted by molar-refractivity contribution is 9.11. The zero-order valence-corrected chi connectivity index (χ0v) is 19.5.